The molecule has 0 saturated heterocycles. The van der Waals surface area contributed by atoms with Gasteiger partial charge in [0.25, 0.3) is 5.91 Å². The van der Waals surface area contributed by atoms with E-state index in [2.05, 4.69) is 6.92 Å². The van der Waals surface area contributed by atoms with Crippen molar-refractivity contribution in [2.45, 2.75) is 31.4 Å². The van der Waals surface area contributed by atoms with Crippen LogP contribution in [-0.4, -0.2) is 30.8 Å². The molecule has 6 nitrogen and oxygen atoms in total. The molecule has 2 aliphatic rings. The van der Waals surface area contributed by atoms with Gasteiger partial charge in [0.1, 0.15) is 19.0 Å². The first-order valence-electron chi connectivity index (χ1n) is 13.4. The van der Waals surface area contributed by atoms with Crippen molar-refractivity contribution in [2.75, 3.05) is 24.7 Å². The lowest BCUT2D eigenvalue weighted by Gasteiger charge is -2.32. The normalized spacial score (nSPS) is 17.8. The summed E-state index contributed by atoms with van der Waals surface area (Å²) in [5, 5.41) is 12.6. The molecule has 0 radical (unpaired) electrons. The van der Waals surface area contributed by atoms with E-state index in [0.717, 1.165) is 24.0 Å². The van der Waals surface area contributed by atoms with Crippen LogP contribution in [0.2, 0.25) is 0 Å². The van der Waals surface area contributed by atoms with Gasteiger partial charge in [-0.1, -0.05) is 92.2 Å². The number of benzene rings is 4. The fraction of sp³-hybridized carbons (Fsp3) is 0.242. The maximum atomic E-state index is 14.7. The largest absolute Gasteiger partial charge is 0.493 e. The molecular weight excluding hydrogens is 490 g/mol. The van der Waals surface area contributed by atoms with E-state index in [0.29, 0.717) is 53.9 Å². The van der Waals surface area contributed by atoms with Gasteiger partial charge in [0.05, 0.1) is 18.3 Å². The third-order valence-corrected chi connectivity index (χ3v) is 7.36. The van der Waals surface area contributed by atoms with Crippen molar-refractivity contribution in [3.63, 3.8) is 0 Å². The van der Waals surface area contributed by atoms with Crippen LogP contribution >= 0.6 is 0 Å². The van der Waals surface area contributed by atoms with Crippen LogP contribution in [0.25, 0.3) is 0 Å². The topological polar surface area (TPSA) is 68.2 Å². The molecule has 0 saturated carbocycles. The van der Waals surface area contributed by atoms with Gasteiger partial charge in [-0.2, -0.15) is 0 Å². The number of rotatable bonds is 8. The van der Waals surface area contributed by atoms with Gasteiger partial charge in [0, 0.05) is 17.2 Å². The minimum atomic E-state index is -1.99. The van der Waals surface area contributed by atoms with E-state index >= 15 is 0 Å². The summed E-state index contributed by atoms with van der Waals surface area (Å²) >= 11 is 0. The van der Waals surface area contributed by atoms with E-state index < -0.39 is 17.6 Å². The molecular formula is C33H31NO5. The first-order valence-corrected chi connectivity index (χ1v) is 13.4. The number of fused-ring (bicyclic) bond motifs is 2. The van der Waals surface area contributed by atoms with Crippen LogP contribution in [0.15, 0.2) is 97.1 Å². The molecule has 6 heteroatoms. The number of amides is 1. The zero-order chi connectivity index (χ0) is 26.8. The van der Waals surface area contributed by atoms with Gasteiger partial charge in [0.2, 0.25) is 5.60 Å². The molecule has 0 aromatic heterocycles. The Labute approximate surface area is 228 Å². The first-order chi connectivity index (χ1) is 19.1. The molecule has 1 amide bonds. The lowest BCUT2D eigenvalue weighted by atomic mass is 9.86. The Morgan fingerprint density at radius 2 is 1.44 bits per heavy atom. The number of carbonyl (C=O) groups excluding carboxylic acids is 1. The van der Waals surface area contributed by atoms with E-state index in [-0.39, 0.29) is 0 Å². The highest BCUT2D eigenvalue weighted by Crippen LogP contribution is 2.52. The first kappa shape index (κ1) is 25.0. The predicted octanol–water partition coefficient (Wildman–Crippen LogP) is 6.01. The Kier molecular flexibility index (Phi) is 6.71. The summed E-state index contributed by atoms with van der Waals surface area (Å²) in [7, 11) is 0. The van der Waals surface area contributed by atoms with Crippen molar-refractivity contribution in [1.82, 2.24) is 0 Å². The maximum Gasteiger partial charge on any atom is 0.269 e. The van der Waals surface area contributed by atoms with Crippen LogP contribution in [0.4, 0.5) is 5.69 Å². The van der Waals surface area contributed by atoms with Crippen LogP contribution in [0, 0.1) is 0 Å². The molecule has 1 atom stereocenters. The molecule has 39 heavy (non-hydrogen) atoms. The highest BCUT2D eigenvalue weighted by molar-refractivity contribution is 6.10. The third-order valence-electron chi connectivity index (χ3n) is 7.36. The SMILES string of the molecule is CCCCOc1cc2c(cc1C1(O)C(=O)N(C(c3ccccc3)c3ccccc3)c3ccccc31)OCCO2. The van der Waals surface area contributed by atoms with E-state index in [1.807, 2.05) is 84.9 Å². The zero-order valence-corrected chi connectivity index (χ0v) is 21.9. The van der Waals surface area contributed by atoms with Crippen molar-refractivity contribution in [3.8, 4) is 17.2 Å². The van der Waals surface area contributed by atoms with Crippen LogP contribution in [-0.2, 0) is 10.4 Å². The molecule has 4 aromatic rings. The summed E-state index contributed by atoms with van der Waals surface area (Å²) in [5.41, 5.74) is 1.40. The zero-order valence-electron chi connectivity index (χ0n) is 21.9. The number of aliphatic hydroxyl groups is 1. The average molecular weight is 522 g/mol. The van der Waals surface area contributed by atoms with Gasteiger partial charge in [-0.15, -0.1) is 0 Å². The van der Waals surface area contributed by atoms with E-state index in [4.69, 9.17) is 14.2 Å². The maximum absolute atomic E-state index is 14.7. The summed E-state index contributed by atoms with van der Waals surface area (Å²) in [5.74, 6) is 0.996. The van der Waals surface area contributed by atoms with Crippen molar-refractivity contribution in [3.05, 3.63) is 119 Å². The van der Waals surface area contributed by atoms with E-state index in [1.54, 1.807) is 17.0 Å². The molecule has 1 N–H and O–H groups in total. The smallest absolute Gasteiger partial charge is 0.269 e. The lowest BCUT2D eigenvalue weighted by Crippen LogP contribution is -2.43. The highest BCUT2D eigenvalue weighted by Gasteiger charge is 2.55. The van der Waals surface area contributed by atoms with Crippen molar-refractivity contribution in [1.29, 1.82) is 0 Å². The third kappa shape index (κ3) is 4.31. The summed E-state index contributed by atoms with van der Waals surface area (Å²) in [6.07, 6.45) is 1.79. The van der Waals surface area contributed by atoms with Crippen molar-refractivity contribution < 1.29 is 24.1 Å². The minimum Gasteiger partial charge on any atom is -0.493 e. The average Bonchev–Trinajstić information content (AvgIpc) is 3.21. The van der Waals surface area contributed by atoms with Gasteiger partial charge >= 0.3 is 0 Å². The van der Waals surface area contributed by atoms with E-state index in [1.165, 1.54) is 0 Å². The molecule has 6 rings (SSSR count). The fourth-order valence-electron chi connectivity index (χ4n) is 5.47. The van der Waals surface area contributed by atoms with Crippen LogP contribution in [0.3, 0.4) is 0 Å². The Bertz CT molecular complexity index is 1430. The molecule has 0 spiro atoms. The molecule has 198 valence electrons. The number of anilines is 1. The van der Waals surface area contributed by atoms with Gasteiger partial charge in [-0.05, 0) is 29.7 Å². The molecule has 2 heterocycles. The highest BCUT2D eigenvalue weighted by atomic mass is 16.6. The number of nitrogens with zero attached hydrogens (tertiary/aromatic N) is 1. The number of carbonyl (C=O) groups is 1. The second-order valence-electron chi connectivity index (χ2n) is 9.82. The summed E-state index contributed by atoms with van der Waals surface area (Å²) in [6, 6.07) is 30.2. The van der Waals surface area contributed by atoms with Crippen molar-refractivity contribution >= 4 is 11.6 Å². The number of hydrogen-bond donors (Lipinski definition) is 1. The van der Waals surface area contributed by atoms with Gasteiger partial charge in [-0.3, -0.25) is 9.69 Å². The van der Waals surface area contributed by atoms with E-state index in [9.17, 15) is 9.90 Å². The van der Waals surface area contributed by atoms with Crippen LogP contribution in [0.5, 0.6) is 17.2 Å². The van der Waals surface area contributed by atoms with Crippen LogP contribution < -0.4 is 19.1 Å². The minimum absolute atomic E-state index is 0.350. The quantitative estimate of drug-likeness (QED) is 0.288. The lowest BCUT2D eigenvalue weighted by molar-refractivity contribution is -0.132. The number of hydrogen-bond acceptors (Lipinski definition) is 5. The van der Waals surface area contributed by atoms with Gasteiger partial charge in [-0.25, -0.2) is 0 Å². The Morgan fingerprint density at radius 3 is 2.08 bits per heavy atom. The molecule has 2 aliphatic heterocycles. The molecule has 0 bridgehead atoms. The standard InChI is InChI=1S/C33H31NO5/c1-2-3-18-37-28-22-30-29(38-19-20-39-30)21-26(28)33(36)25-16-10-11-17-27(25)34(32(33)35)31(23-12-6-4-7-13-23)24-14-8-5-9-15-24/h4-17,21-22,31,36H,2-3,18-20H2,1H3. The Morgan fingerprint density at radius 1 is 0.846 bits per heavy atom. The molecule has 4 aromatic carbocycles. The second-order valence-corrected chi connectivity index (χ2v) is 9.82. The summed E-state index contributed by atoms with van der Waals surface area (Å²) in [4.78, 5) is 16.4. The second kappa shape index (κ2) is 10.5. The molecule has 0 fully saturated rings. The number of ether oxygens (including phenoxy) is 3. The van der Waals surface area contributed by atoms with Crippen molar-refractivity contribution in [2.24, 2.45) is 0 Å². The van der Waals surface area contributed by atoms with Crippen LogP contribution in [0.1, 0.15) is 48.1 Å². The molecule has 1 unspecified atom stereocenters. The summed E-state index contributed by atoms with van der Waals surface area (Å²) in [6.45, 7) is 3.36. The predicted molar refractivity (Wildman–Crippen MR) is 149 cm³/mol. The van der Waals surface area contributed by atoms with Gasteiger partial charge < -0.3 is 19.3 Å². The Hall–Kier alpha value is -4.29. The number of para-hydroxylation sites is 1. The monoisotopic (exact) mass is 521 g/mol. The Balaban J connectivity index is 1.54. The fourth-order valence-corrected chi connectivity index (χ4v) is 5.47. The molecule has 0 aliphatic carbocycles. The van der Waals surface area contributed by atoms with Gasteiger partial charge in [0.15, 0.2) is 11.5 Å². The summed E-state index contributed by atoms with van der Waals surface area (Å²) < 4.78 is 17.9. The number of unbranched alkanes of at least 4 members (excludes halogenated alkanes) is 1.